The summed E-state index contributed by atoms with van der Waals surface area (Å²) in [6, 6.07) is 1.63. The molecule has 22 heavy (non-hydrogen) atoms. The Morgan fingerprint density at radius 3 is 1.77 bits per heavy atom. The third-order valence-corrected chi connectivity index (χ3v) is 3.61. The topological polar surface area (TPSA) is 23.5 Å². The van der Waals surface area contributed by atoms with Gasteiger partial charge in [0.15, 0.2) is 0 Å². The number of benzene rings is 1. The van der Waals surface area contributed by atoms with Crippen LogP contribution in [0.5, 0.6) is 0 Å². The molecular formula is C14H15F6NO. The largest absolute Gasteiger partial charge is 0.416 e. The predicted octanol–water partition coefficient (Wildman–Crippen LogP) is 3.68. The third-order valence-electron chi connectivity index (χ3n) is 3.61. The van der Waals surface area contributed by atoms with Gasteiger partial charge in [-0.05, 0) is 36.6 Å². The van der Waals surface area contributed by atoms with Crippen LogP contribution < -0.4 is 0 Å². The highest BCUT2D eigenvalue weighted by Gasteiger charge is 2.37. The van der Waals surface area contributed by atoms with Crippen LogP contribution in [-0.4, -0.2) is 29.2 Å². The van der Waals surface area contributed by atoms with Crippen LogP contribution in [0.3, 0.4) is 0 Å². The molecule has 0 atom stereocenters. The second kappa shape index (κ2) is 6.08. The van der Waals surface area contributed by atoms with Gasteiger partial charge in [-0.1, -0.05) is 0 Å². The lowest BCUT2D eigenvalue weighted by Gasteiger charge is -2.29. The maximum atomic E-state index is 12.8. The molecule has 0 spiro atoms. The van der Waals surface area contributed by atoms with Crippen molar-refractivity contribution in [3.63, 3.8) is 0 Å². The van der Waals surface area contributed by atoms with Crippen molar-refractivity contribution in [3.05, 3.63) is 34.9 Å². The lowest BCUT2D eigenvalue weighted by molar-refractivity contribution is -0.143. The van der Waals surface area contributed by atoms with E-state index in [1.165, 1.54) is 0 Å². The number of aliphatic hydroxyl groups excluding tert-OH is 1. The molecule has 0 radical (unpaired) electrons. The van der Waals surface area contributed by atoms with Crippen molar-refractivity contribution in [2.24, 2.45) is 0 Å². The van der Waals surface area contributed by atoms with E-state index in [0.717, 1.165) is 12.1 Å². The molecule has 2 rings (SSSR count). The molecular weight excluding hydrogens is 312 g/mol. The number of likely N-dealkylation sites (tertiary alicyclic amines) is 1. The molecule has 1 aromatic rings. The van der Waals surface area contributed by atoms with Gasteiger partial charge in [0.1, 0.15) is 0 Å². The zero-order chi connectivity index (χ0) is 16.5. The molecule has 1 fully saturated rings. The van der Waals surface area contributed by atoms with Crippen molar-refractivity contribution in [1.82, 2.24) is 4.90 Å². The predicted molar refractivity (Wildman–Crippen MR) is 67.0 cm³/mol. The van der Waals surface area contributed by atoms with E-state index >= 15 is 0 Å². The number of halogens is 6. The second-order valence-electron chi connectivity index (χ2n) is 5.42. The molecule has 8 heteroatoms. The highest BCUT2D eigenvalue weighted by atomic mass is 19.4. The number of nitrogens with zero attached hydrogens (tertiary/aromatic N) is 1. The summed E-state index contributed by atoms with van der Waals surface area (Å²) >= 11 is 0. The van der Waals surface area contributed by atoms with Gasteiger partial charge in [0.2, 0.25) is 0 Å². The fraction of sp³-hybridized carbons (Fsp3) is 0.571. The van der Waals surface area contributed by atoms with Crippen LogP contribution in [0, 0.1) is 0 Å². The molecule has 2 nitrogen and oxygen atoms in total. The number of hydrogen-bond acceptors (Lipinski definition) is 2. The van der Waals surface area contributed by atoms with Crippen molar-refractivity contribution >= 4 is 0 Å². The first-order valence-electron chi connectivity index (χ1n) is 6.74. The molecule has 0 amide bonds. The first-order valence-corrected chi connectivity index (χ1v) is 6.74. The van der Waals surface area contributed by atoms with Gasteiger partial charge in [-0.3, -0.25) is 4.90 Å². The molecule has 1 aliphatic rings. The van der Waals surface area contributed by atoms with Crippen LogP contribution in [0.4, 0.5) is 26.3 Å². The standard InChI is InChI=1S/C14H15F6NO/c15-13(16,17)10-5-9(6-11(7-10)14(18,19)20)8-21-3-1-12(22)2-4-21/h5-7,12,22H,1-4,8H2. The van der Waals surface area contributed by atoms with E-state index in [9.17, 15) is 31.4 Å². The molecule has 0 saturated carbocycles. The molecule has 0 bridgehead atoms. The average Bonchev–Trinajstić information content (AvgIpc) is 2.39. The quantitative estimate of drug-likeness (QED) is 0.838. The van der Waals surface area contributed by atoms with Crippen molar-refractivity contribution in [3.8, 4) is 0 Å². The number of rotatable bonds is 2. The second-order valence-corrected chi connectivity index (χ2v) is 5.42. The maximum Gasteiger partial charge on any atom is 0.416 e. The van der Waals surface area contributed by atoms with Crippen LogP contribution in [0.25, 0.3) is 0 Å². The van der Waals surface area contributed by atoms with Gasteiger partial charge in [-0.25, -0.2) is 0 Å². The maximum absolute atomic E-state index is 12.8. The Hall–Kier alpha value is -1.28. The smallest absolute Gasteiger partial charge is 0.393 e. The van der Waals surface area contributed by atoms with Crippen molar-refractivity contribution in [1.29, 1.82) is 0 Å². The minimum Gasteiger partial charge on any atom is -0.393 e. The van der Waals surface area contributed by atoms with Gasteiger partial charge < -0.3 is 5.11 Å². The summed E-state index contributed by atoms with van der Waals surface area (Å²) in [5.41, 5.74) is -2.62. The van der Waals surface area contributed by atoms with Crippen molar-refractivity contribution < 1.29 is 31.4 Å². The Morgan fingerprint density at radius 2 is 1.36 bits per heavy atom. The van der Waals surface area contributed by atoms with Gasteiger partial charge in [0, 0.05) is 19.6 Å². The van der Waals surface area contributed by atoms with Crippen LogP contribution in [0.2, 0.25) is 0 Å². The monoisotopic (exact) mass is 327 g/mol. The Labute approximate surface area is 123 Å². The normalized spacial score (nSPS) is 18.7. The van der Waals surface area contributed by atoms with Gasteiger partial charge in [-0.15, -0.1) is 0 Å². The molecule has 1 aromatic carbocycles. The van der Waals surface area contributed by atoms with Gasteiger partial charge in [0.25, 0.3) is 0 Å². The van der Waals surface area contributed by atoms with E-state index in [4.69, 9.17) is 0 Å². The number of hydrogen-bond donors (Lipinski definition) is 1. The van der Waals surface area contributed by atoms with Gasteiger partial charge in [-0.2, -0.15) is 26.3 Å². The summed E-state index contributed by atoms with van der Waals surface area (Å²) in [6.07, 6.45) is -9.18. The Kier molecular flexibility index (Phi) is 4.72. The molecule has 0 aromatic heterocycles. The molecule has 1 heterocycles. The molecule has 1 N–H and O–H groups in total. The molecule has 1 aliphatic heterocycles. The summed E-state index contributed by atoms with van der Waals surface area (Å²) in [5.74, 6) is 0. The lowest BCUT2D eigenvalue weighted by atomic mass is 10.0. The Bertz CT molecular complexity index is 485. The van der Waals surface area contributed by atoms with E-state index in [2.05, 4.69) is 0 Å². The zero-order valence-electron chi connectivity index (χ0n) is 11.5. The minimum atomic E-state index is -4.83. The first kappa shape index (κ1) is 17.1. The summed E-state index contributed by atoms with van der Waals surface area (Å²) in [5, 5.41) is 9.37. The fourth-order valence-electron chi connectivity index (χ4n) is 2.45. The SMILES string of the molecule is OC1CCN(Cc2cc(C(F)(F)F)cc(C(F)(F)F)c2)CC1. The zero-order valence-corrected chi connectivity index (χ0v) is 11.5. The van der Waals surface area contributed by atoms with Crippen molar-refractivity contribution in [2.75, 3.05) is 13.1 Å². The van der Waals surface area contributed by atoms with Crippen LogP contribution in [0.1, 0.15) is 29.5 Å². The lowest BCUT2D eigenvalue weighted by Crippen LogP contribution is -2.35. The molecule has 1 saturated heterocycles. The molecule has 0 unspecified atom stereocenters. The highest BCUT2D eigenvalue weighted by Crippen LogP contribution is 2.36. The average molecular weight is 327 g/mol. The van der Waals surface area contributed by atoms with Gasteiger partial charge >= 0.3 is 12.4 Å². The Morgan fingerprint density at radius 1 is 0.909 bits per heavy atom. The third kappa shape index (κ3) is 4.36. The molecule has 124 valence electrons. The summed E-state index contributed by atoms with van der Waals surface area (Å²) in [4.78, 5) is 1.74. The number of aliphatic hydroxyl groups is 1. The minimum absolute atomic E-state index is 0.000278. The fourth-order valence-corrected chi connectivity index (χ4v) is 2.45. The van der Waals surface area contributed by atoms with E-state index in [-0.39, 0.29) is 18.2 Å². The molecule has 0 aliphatic carbocycles. The Balaban J connectivity index is 2.26. The van der Waals surface area contributed by atoms with E-state index in [1.54, 1.807) is 4.90 Å². The highest BCUT2D eigenvalue weighted by molar-refractivity contribution is 5.33. The summed E-state index contributed by atoms with van der Waals surface area (Å²) in [7, 11) is 0. The van der Waals surface area contributed by atoms with Crippen LogP contribution in [-0.2, 0) is 18.9 Å². The van der Waals surface area contributed by atoms with E-state index in [0.29, 0.717) is 25.9 Å². The number of piperidine rings is 1. The van der Waals surface area contributed by atoms with Gasteiger partial charge in [0.05, 0.1) is 17.2 Å². The summed E-state index contributed by atoms with van der Waals surface area (Å²) in [6.45, 7) is 0.886. The van der Waals surface area contributed by atoms with Crippen LogP contribution >= 0.6 is 0 Å². The van der Waals surface area contributed by atoms with E-state index < -0.39 is 29.6 Å². The first-order chi connectivity index (χ1) is 10.1. The van der Waals surface area contributed by atoms with Crippen LogP contribution in [0.15, 0.2) is 18.2 Å². The summed E-state index contributed by atoms with van der Waals surface area (Å²) < 4.78 is 76.5. The van der Waals surface area contributed by atoms with E-state index in [1.807, 2.05) is 0 Å². The number of alkyl halides is 6. The van der Waals surface area contributed by atoms with Crippen molar-refractivity contribution in [2.45, 2.75) is 37.8 Å².